The lowest BCUT2D eigenvalue weighted by Gasteiger charge is -2.27. The maximum absolute atomic E-state index is 12.9. The third-order valence-corrected chi connectivity index (χ3v) is 5.20. The van der Waals surface area contributed by atoms with Gasteiger partial charge in [-0.25, -0.2) is 0 Å². The number of rotatable bonds is 10. The number of methoxy groups -OCH3 is 2. The van der Waals surface area contributed by atoms with Crippen LogP contribution in [-0.2, 0) is 5.41 Å². The van der Waals surface area contributed by atoms with Crippen LogP contribution in [0.5, 0.6) is 11.5 Å². The molecule has 28 heavy (non-hydrogen) atoms. The maximum atomic E-state index is 12.9. The van der Waals surface area contributed by atoms with Crippen molar-refractivity contribution in [3.05, 3.63) is 53.6 Å². The summed E-state index contributed by atoms with van der Waals surface area (Å²) in [5.74, 6) is 0.820. The molecule has 1 amide bonds. The number of nitrogens with one attached hydrogen (secondary N) is 1. The van der Waals surface area contributed by atoms with E-state index in [1.807, 2.05) is 42.5 Å². The summed E-state index contributed by atoms with van der Waals surface area (Å²) in [6, 6.07) is 13.3. The number of para-hydroxylation sites is 1. The zero-order valence-corrected chi connectivity index (χ0v) is 17.8. The second-order valence-corrected chi connectivity index (χ2v) is 7.77. The summed E-state index contributed by atoms with van der Waals surface area (Å²) in [4.78, 5) is 12.9. The molecule has 0 aliphatic heterocycles. The summed E-state index contributed by atoms with van der Waals surface area (Å²) in [5.41, 5.74) is 2.24. The van der Waals surface area contributed by atoms with Crippen LogP contribution in [0.4, 0.5) is 5.69 Å². The van der Waals surface area contributed by atoms with Crippen LogP contribution >= 0.6 is 0 Å². The van der Waals surface area contributed by atoms with Crippen LogP contribution in [0.1, 0.15) is 68.8 Å². The van der Waals surface area contributed by atoms with E-state index < -0.39 is 0 Å². The third kappa shape index (κ3) is 5.51. The van der Waals surface area contributed by atoms with E-state index in [2.05, 4.69) is 26.1 Å². The van der Waals surface area contributed by atoms with Crippen molar-refractivity contribution in [1.29, 1.82) is 0 Å². The number of ether oxygens (including phenoxy) is 2. The number of benzene rings is 2. The van der Waals surface area contributed by atoms with Crippen molar-refractivity contribution in [2.24, 2.45) is 0 Å². The second kappa shape index (κ2) is 10.2. The fraction of sp³-hybridized carbons (Fsp3) is 0.458. The fourth-order valence-electron chi connectivity index (χ4n) is 3.38. The zero-order chi connectivity index (χ0) is 20.6. The summed E-state index contributed by atoms with van der Waals surface area (Å²) >= 11 is 0. The van der Waals surface area contributed by atoms with Gasteiger partial charge in [0.15, 0.2) is 0 Å². The van der Waals surface area contributed by atoms with Crippen LogP contribution in [0.25, 0.3) is 0 Å². The molecule has 0 unspecified atom stereocenters. The second-order valence-electron chi connectivity index (χ2n) is 7.77. The van der Waals surface area contributed by atoms with Crippen molar-refractivity contribution in [1.82, 2.24) is 0 Å². The molecule has 0 heterocycles. The van der Waals surface area contributed by atoms with Crippen molar-refractivity contribution >= 4 is 11.6 Å². The Balaban J connectivity index is 2.31. The molecule has 0 aliphatic carbocycles. The minimum Gasteiger partial charge on any atom is -0.496 e. The van der Waals surface area contributed by atoms with Gasteiger partial charge in [0.05, 0.1) is 14.2 Å². The molecule has 0 spiro atoms. The number of hydrogen-bond donors (Lipinski definition) is 1. The highest BCUT2D eigenvalue weighted by molar-refractivity contribution is 6.08. The molecule has 152 valence electrons. The van der Waals surface area contributed by atoms with Crippen molar-refractivity contribution in [2.45, 2.75) is 58.3 Å². The lowest BCUT2D eigenvalue weighted by atomic mass is 9.79. The van der Waals surface area contributed by atoms with Crippen LogP contribution in [0, 0.1) is 0 Å². The molecule has 0 aromatic heterocycles. The standard InChI is InChI=1S/C24H33NO3/c1-6-7-8-12-15-24(2,3)18-16-20(27-4)22(21(17-18)28-5)23(26)25-19-13-10-9-11-14-19/h9-11,13-14,16-17H,6-8,12,15H2,1-5H3,(H,25,26). The molecule has 0 atom stereocenters. The highest BCUT2D eigenvalue weighted by Crippen LogP contribution is 2.38. The van der Waals surface area contributed by atoms with E-state index in [4.69, 9.17) is 9.47 Å². The third-order valence-electron chi connectivity index (χ3n) is 5.20. The molecule has 2 rings (SSSR count). The quantitative estimate of drug-likeness (QED) is 0.497. The molecule has 0 aliphatic rings. The Kier molecular flexibility index (Phi) is 7.91. The Morgan fingerprint density at radius 2 is 1.57 bits per heavy atom. The van der Waals surface area contributed by atoms with Crippen LogP contribution < -0.4 is 14.8 Å². The molecule has 0 saturated carbocycles. The van der Waals surface area contributed by atoms with Gasteiger partial charge >= 0.3 is 0 Å². The number of anilines is 1. The average Bonchev–Trinajstić information content (AvgIpc) is 2.70. The Morgan fingerprint density at radius 3 is 2.11 bits per heavy atom. The molecule has 0 fully saturated rings. The van der Waals surface area contributed by atoms with Gasteiger partial charge in [-0.2, -0.15) is 0 Å². The van der Waals surface area contributed by atoms with E-state index in [0.29, 0.717) is 17.1 Å². The Hall–Kier alpha value is -2.49. The van der Waals surface area contributed by atoms with Gasteiger partial charge in [-0.1, -0.05) is 64.7 Å². The first-order valence-electron chi connectivity index (χ1n) is 10.1. The maximum Gasteiger partial charge on any atom is 0.263 e. The van der Waals surface area contributed by atoms with E-state index in [1.54, 1.807) is 14.2 Å². The average molecular weight is 384 g/mol. The van der Waals surface area contributed by atoms with Gasteiger partial charge in [0.1, 0.15) is 17.1 Å². The first kappa shape index (κ1) is 21.8. The first-order chi connectivity index (χ1) is 13.4. The van der Waals surface area contributed by atoms with Gasteiger partial charge in [-0.05, 0) is 41.7 Å². The topological polar surface area (TPSA) is 47.6 Å². The molecule has 4 nitrogen and oxygen atoms in total. The summed E-state index contributed by atoms with van der Waals surface area (Å²) in [7, 11) is 3.18. The highest BCUT2D eigenvalue weighted by atomic mass is 16.5. The van der Waals surface area contributed by atoms with E-state index in [9.17, 15) is 4.79 Å². The van der Waals surface area contributed by atoms with Gasteiger partial charge in [0, 0.05) is 5.69 Å². The lowest BCUT2D eigenvalue weighted by Crippen LogP contribution is -2.20. The smallest absolute Gasteiger partial charge is 0.263 e. The Bertz CT molecular complexity index is 744. The minimum absolute atomic E-state index is 0.0251. The SMILES string of the molecule is CCCCCCC(C)(C)c1cc(OC)c(C(=O)Nc2ccccc2)c(OC)c1. The fourth-order valence-corrected chi connectivity index (χ4v) is 3.38. The molecular weight excluding hydrogens is 350 g/mol. The van der Waals surface area contributed by atoms with Gasteiger partial charge in [-0.3, -0.25) is 4.79 Å². The minimum atomic E-state index is -0.243. The normalized spacial score (nSPS) is 11.2. The summed E-state index contributed by atoms with van der Waals surface area (Å²) in [5, 5.41) is 2.92. The van der Waals surface area contributed by atoms with Crippen molar-refractivity contribution in [2.75, 3.05) is 19.5 Å². The molecule has 0 bridgehead atoms. The Morgan fingerprint density at radius 1 is 0.964 bits per heavy atom. The summed E-state index contributed by atoms with van der Waals surface area (Å²) in [6.45, 7) is 6.69. The summed E-state index contributed by atoms with van der Waals surface area (Å²) in [6.07, 6.45) is 6.00. The van der Waals surface area contributed by atoms with Crippen molar-refractivity contribution in [3.63, 3.8) is 0 Å². The van der Waals surface area contributed by atoms with Crippen LogP contribution in [0.15, 0.2) is 42.5 Å². The van der Waals surface area contributed by atoms with Gasteiger partial charge in [0.25, 0.3) is 5.91 Å². The van der Waals surface area contributed by atoms with E-state index in [1.165, 1.54) is 25.7 Å². The highest BCUT2D eigenvalue weighted by Gasteiger charge is 2.26. The lowest BCUT2D eigenvalue weighted by molar-refractivity contribution is 0.102. The van der Waals surface area contributed by atoms with Crippen LogP contribution in [0.2, 0.25) is 0 Å². The van der Waals surface area contributed by atoms with Gasteiger partial charge < -0.3 is 14.8 Å². The molecule has 4 heteroatoms. The number of amides is 1. The number of carbonyl (C=O) groups is 1. The monoisotopic (exact) mass is 383 g/mol. The molecule has 1 N–H and O–H groups in total. The van der Waals surface area contributed by atoms with E-state index in [-0.39, 0.29) is 11.3 Å². The molecule has 0 radical (unpaired) electrons. The van der Waals surface area contributed by atoms with Crippen LogP contribution in [0.3, 0.4) is 0 Å². The zero-order valence-electron chi connectivity index (χ0n) is 17.8. The largest absolute Gasteiger partial charge is 0.496 e. The van der Waals surface area contributed by atoms with Crippen molar-refractivity contribution < 1.29 is 14.3 Å². The predicted octanol–water partition coefficient (Wildman–Crippen LogP) is 6.20. The Labute approximate surface area is 169 Å². The summed E-state index contributed by atoms with van der Waals surface area (Å²) < 4.78 is 11.2. The van der Waals surface area contributed by atoms with Crippen molar-refractivity contribution in [3.8, 4) is 11.5 Å². The first-order valence-corrected chi connectivity index (χ1v) is 10.1. The number of carbonyl (C=O) groups excluding carboxylic acids is 1. The number of hydrogen-bond acceptors (Lipinski definition) is 3. The molecule has 2 aromatic carbocycles. The molecule has 2 aromatic rings. The number of unbranched alkanes of at least 4 members (excludes halogenated alkanes) is 3. The predicted molar refractivity (Wildman–Crippen MR) is 116 cm³/mol. The van der Waals surface area contributed by atoms with E-state index in [0.717, 1.165) is 17.7 Å². The van der Waals surface area contributed by atoms with Gasteiger partial charge in [0.2, 0.25) is 0 Å². The van der Waals surface area contributed by atoms with Gasteiger partial charge in [-0.15, -0.1) is 0 Å². The molecular formula is C24H33NO3. The van der Waals surface area contributed by atoms with Crippen LogP contribution in [-0.4, -0.2) is 20.1 Å². The van der Waals surface area contributed by atoms with E-state index >= 15 is 0 Å². The molecule has 0 saturated heterocycles.